The molecule has 1 aromatic heterocycles. The van der Waals surface area contributed by atoms with E-state index in [9.17, 15) is 5.11 Å². The van der Waals surface area contributed by atoms with E-state index in [1.54, 1.807) is 0 Å². The molecule has 1 aliphatic heterocycles. The molecule has 21 heavy (non-hydrogen) atoms. The predicted molar refractivity (Wildman–Crippen MR) is 86.6 cm³/mol. The van der Waals surface area contributed by atoms with Gasteiger partial charge in [-0.15, -0.1) is 0 Å². The smallest absolute Gasteiger partial charge is 0.131 e. The molecular formula is C16H30N4O. The Hall–Kier alpha value is -1.07. The number of piperidine rings is 1. The van der Waals surface area contributed by atoms with E-state index in [1.165, 1.54) is 11.4 Å². The topological polar surface area (TPSA) is 53.3 Å². The minimum absolute atomic E-state index is 0.101. The minimum Gasteiger partial charge on any atom is -0.396 e. The van der Waals surface area contributed by atoms with Crippen molar-refractivity contribution in [2.75, 3.05) is 24.6 Å². The molecule has 1 aromatic rings. The second-order valence-electron chi connectivity index (χ2n) is 7.23. The number of nitrogens with one attached hydrogen (secondary N) is 1. The number of aryl methyl sites for hydroxylation is 2. The van der Waals surface area contributed by atoms with E-state index < -0.39 is 0 Å². The molecule has 0 aliphatic carbocycles. The van der Waals surface area contributed by atoms with Crippen LogP contribution in [0.3, 0.4) is 0 Å². The summed E-state index contributed by atoms with van der Waals surface area (Å²) in [6.45, 7) is 11.8. The standard InChI is InChI=1S/C16H30N4O/c1-12-14(10-17-16(2,3)4)15(19(5)18-12)20-8-6-13(11-21)7-9-20/h13,17,21H,6-11H2,1-5H3. The van der Waals surface area contributed by atoms with Gasteiger partial charge in [-0.3, -0.25) is 4.68 Å². The van der Waals surface area contributed by atoms with Gasteiger partial charge in [0.05, 0.1) is 5.69 Å². The largest absolute Gasteiger partial charge is 0.396 e. The number of hydrogen-bond donors (Lipinski definition) is 2. The third-order valence-corrected chi connectivity index (χ3v) is 4.28. The highest BCUT2D eigenvalue weighted by molar-refractivity contribution is 5.50. The van der Waals surface area contributed by atoms with E-state index in [0.29, 0.717) is 12.5 Å². The maximum Gasteiger partial charge on any atom is 0.131 e. The molecule has 120 valence electrons. The van der Waals surface area contributed by atoms with Gasteiger partial charge in [0.15, 0.2) is 0 Å². The van der Waals surface area contributed by atoms with E-state index in [0.717, 1.165) is 38.2 Å². The van der Waals surface area contributed by atoms with E-state index in [1.807, 2.05) is 11.7 Å². The first-order valence-electron chi connectivity index (χ1n) is 7.95. The molecule has 0 saturated carbocycles. The number of anilines is 1. The van der Waals surface area contributed by atoms with Gasteiger partial charge in [-0.25, -0.2) is 0 Å². The summed E-state index contributed by atoms with van der Waals surface area (Å²) >= 11 is 0. The Morgan fingerprint density at radius 3 is 2.43 bits per heavy atom. The van der Waals surface area contributed by atoms with Crippen LogP contribution in [0.2, 0.25) is 0 Å². The fraction of sp³-hybridized carbons (Fsp3) is 0.812. The lowest BCUT2D eigenvalue weighted by molar-refractivity contribution is 0.202. The summed E-state index contributed by atoms with van der Waals surface area (Å²) in [5, 5.41) is 17.5. The van der Waals surface area contributed by atoms with Crippen LogP contribution in [-0.2, 0) is 13.6 Å². The Morgan fingerprint density at radius 2 is 1.90 bits per heavy atom. The number of aliphatic hydroxyl groups excluding tert-OH is 1. The van der Waals surface area contributed by atoms with Crippen LogP contribution < -0.4 is 10.2 Å². The van der Waals surface area contributed by atoms with Crippen molar-refractivity contribution in [3.63, 3.8) is 0 Å². The number of nitrogens with zero attached hydrogens (tertiary/aromatic N) is 3. The highest BCUT2D eigenvalue weighted by Gasteiger charge is 2.25. The van der Waals surface area contributed by atoms with Gasteiger partial charge in [0.1, 0.15) is 5.82 Å². The Balaban J connectivity index is 2.15. The summed E-state index contributed by atoms with van der Waals surface area (Å²) in [5.41, 5.74) is 2.51. The SMILES string of the molecule is Cc1nn(C)c(N2CCC(CO)CC2)c1CNC(C)(C)C. The number of hydrogen-bond acceptors (Lipinski definition) is 4. The first kappa shape index (κ1) is 16.3. The first-order valence-corrected chi connectivity index (χ1v) is 7.95. The van der Waals surface area contributed by atoms with E-state index in [-0.39, 0.29) is 5.54 Å². The Bertz CT molecular complexity index is 467. The van der Waals surface area contributed by atoms with Crippen LogP contribution in [-0.4, -0.2) is 40.1 Å². The van der Waals surface area contributed by atoms with Gasteiger partial charge in [0.2, 0.25) is 0 Å². The molecule has 0 bridgehead atoms. The van der Waals surface area contributed by atoms with Gasteiger partial charge < -0.3 is 15.3 Å². The Morgan fingerprint density at radius 1 is 1.29 bits per heavy atom. The molecule has 1 saturated heterocycles. The molecule has 1 aliphatic rings. The maximum atomic E-state index is 9.29. The molecule has 5 heteroatoms. The molecule has 5 nitrogen and oxygen atoms in total. The maximum absolute atomic E-state index is 9.29. The molecule has 0 amide bonds. The van der Waals surface area contributed by atoms with E-state index in [4.69, 9.17) is 0 Å². The van der Waals surface area contributed by atoms with Gasteiger partial charge in [-0.1, -0.05) is 0 Å². The third kappa shape index (κ3) is 3.98. The second kappa shape index (κ2) is 6.36. The molecule has 1 fully saturated rings. The van der Waals surface area contributed by atoms with Crippen molar-refractivity contribution in [1.29, 1.82) is 0 Å². The highest BCUT2D eigenvalue weighted by Crippen LogP contribution is 2.28. The van der Waals surface area contributed by atoms with E-state index in [2.05, 4.69) is 43.0 Å². The molecule has 0 unspecified atom stereocenters. The number of aromatic nitrogens is 2. The molecule has 2 rings (SSSR count). The molecule has 0 aromatic carbocycles. The molecule has 2 N–H and O–H groups in total. The van der Waals surface area contributed by atoms with Crippen molar-refractivity contribution in [1.82, 2.24) is 15.1 Å². The summed E-state index contributed by atoms with van der Waals surface area (Å²) in [7, 11) is 2.03. The summed E-state index contributed by atoms with van der Waals surface area (Å²) in [6.07, 6.45) is 2.12. The summed E-state index contributed by atoms with van der Waals surface area (Å²) < 4.78 is 2.01. The first-order chi connectivity index (χ1) is 9.81. The lowest BCUT2D eigenvalue weighted by Crippen LogP contribution is -2.38. The Kier molecular flexibility index (Phi) is 4.94. The fourth-order valence-electron chi connectivity index (χ4n) is 2.97. The van der Waals surface area contributed by atoms with Crippen LogP contribution in [0.1, 0.15) is 44.9 Å². The number of aliphatic hydroxyl groups is 1. The molecule has 0 atom stereocenters. The van der Waals surface area contributed by atoms with Crippen LogP contribution in [0.15, 0.2) is 0 Å². The fourth-order valence-corrected chi connectivity index (χ4v) is 2.97. The summed E-state index contributed by atoms with van der Waals surface area (Å²) in [5.74, 6) is 1.70. The zero-order valence-electron chi connectivity index (χ0n) is 14.1. The van der Waals surface area contributed by atoms with Gasteiger partial charge >= 0.3 is 0 Å². The third-order valence-electron chi connectivity index (χ3n) is 4.28. The van der Waals surface area contributed by atoms with Crippen LogP contribution in [0.25, 0.3) is 0 Å². The highest BCUT2D eigenvalue weighted by atomic mass is 16.3. The van der Waals surface area contributed by atoms with Crippen molar-refractivity contribution >= 4 is 5.82 Å². The average molecular weight is 294 g/mol. The van der Waals surface area contributed by atoms with Crippen LogP contribution in [0.5, 0.6) is 0 Å². The monoisotopic (exact) mass is 294 g/mol. The lowest BCUT2D eigenvalue weighted by atomic mass is 9.97. The average Bonchev–Trinajstić information content (AvgIpc) is 2.70. The van der Waals surface area contributed by atoms with Gasteiger partial charge in [0.25, 0.3) is 0 Å². The minimum atomic E-state index is 0.101. The van der Waals surface area contributed by atoms with E-state index >= 15 is 0 Å². The van der Waals surface area contributed by atoms with Crippen molar-refractivity contribution < 1.29 is 5.11 Å². The summed E-state index contributed by atoms with van der Waals surface area (Å²) in [4.78, 5) is 2.42. The van der Waals surface area contributed by atoms with Gasteiger partial charge in [-0.05, 0) is 46.5 Å². The van der Waals surface area contributed by atoms with Gasteiger partial charge in [-0.2, -0.15) is 5.10 Å². The zero-order valence-corrected chi connectivity index (χ0v) is 14.1. The van der Waals surface area contributed by atoms with Crippen molar-refractivity contribution in [3.8, 4) is 0 Å². The Labute approximate surface area is 128 Å². The lowest BCUT2D eigenvalue weighted by Gasteiger charge is -2.33. The second-order valence-corrected chi connectivity index (χ2v) is 7.23. The number of rotatable bonds is 4. The summed E-state index contributed by atoms with van der Waals surface area (Å²) in [6, 6.07) is 0. The van der Waals surface area contributed by atoms with Crippen molar-refractivity contribution in [2.45, 2.75) is 52.6 Å². The molecule has 2 heterocycles. The van der Waals surface area contributed by atoms with Crippen LogP contribution >= 0.6 is 0 Å². The zero-order chi connectivity index (χ0) is 15.6. The molecule has 0 spiro atoms. The van der Waals surface area contributed by atoms with Crippen LogP contribution in [0, 0.1) is 12.8 Å². The quantitative estimate of drug-likeness (QED) is 0.889. The van der Waals surface area contributed by atoms with Crippen LogP contribution in [0.4, 0.5) is 5.82 Å². The van der Waals surface area contributed by atoms with Crippen molar-refractivity contribution in [2.24, 2.45) is 13.0 Å². The molecular weight excluding hydrogens is 264 g/mol. The van der Waals surface area contributed by atoms with Gasteiger partial charge in [0, 0.05) is 44.4 Å². The molecule has 0 radical (unpaired) electrons. The normalized spacial score (nSPS) is 17.5. The van der Waals surface area contributed by atoms with Crippen molar-refractivity contribution in [3.05, 3.63) is 11.3 Å². The predicted octanol–water partition coefficient (Wildman–Crippen LogP) is 1.83.